The average Bonchev–Trinajstić information content (AvgIpc) is 3.48. The quantitative estimate of drug-likeness (QED) is 0.0306. The summed E-state index contributed by atoms with van der Waals surface area (Å²) in [4.78, 5) is 52.2. The number of thiazole rings is 1. The molecule has 9 N–H and O–H groups in total. The Bertz CT molecular complexity index is 1560. The Morgan fingerprint density at radius 3 is 2.63 bits per heavy atom. The van der Waals surface area contributed by atoms with Gasteiger partial charge >= 0.3 is 16.3 Å². The van der Waals surface area contributed by atoms with E-state index in [0.29, 0.717) is 30.9 Å². The highest BCUT2D eigenvalue weighted by atomic mass is 32.2. The number of carbonyl (C=O) groups is 3. The predicted octanol–water partition coefficient (Wildman–Crippen LogP) is -1.99. The first-order chi connectivity index (χ1) is 20.3. The first kappa shape index (κ1) is 31.7. The first-order valence-electron chi connectivity index (χ1n) is 12.9. The number of hydrogen-bond acceptors (Lipinski definition) is 14. The highest BCUT2D eigenvalue weighted by Gasteiger charge is 2.56. The molecule has 1 amide bonds. The standard InChI is InChI=1S/C22H31N11O8S2/c1-11-13(8-27-20(24)26-6-2-5-23)30-32(29-11)9-15-12(18(35)33(15)43(38,39)40)7-16(34)17(14-10-42-21(25)28-14)31-41-22(3-4-22)19(36)37/h10,12,15H,2-9,23H2,1H3,(H2,25,28)(H,36,37)(H3,24,26,27)(H,38,39,40)/b31-17-/t12-,15+/m0/s1. The van der Waals surface area contributed by atoms with E-state index in [9.17, 15) is 32.5 Å². The third-order valence-corrected chi connectivity index (χ3v) is 8.37. The van der Waals surface area contributed by atoms with Gasteiger partial charge in [0.1, 0.15) is 11.4 Å². The van der Waals surface area contributed by atoms with Crippen molar-refractivity contribution in [3.05, 3.63) is 22.5 Å². The van der Waals surface area contributed by atoms with Gasteiger partial charge in [-0.25, -0.2) is 19.1 Å². The molecule has 4 rings (SSSR count). The van der Waals surface area contributed by atoms with Crippen molar-refractivity contribution in [1.82, 2.24) is 29.6 Å². The van der Waals surface area contributed by atoms with Crippen LogP contribution in [0.2, 0.25) is 0 Å². The van der Waals surface area contributed by atoms with Gasteiger partial charge in [0.05, 0.1) is 30.7 Å². The molecule has 21 heteroatoms. The number of hydrogen-bond donors (Lipinski definition) is 6. The molecular formula is C22H31N11O8S2. The third-order valence-electron chi connectivity index (χ3n) is 6.74. The van der Waals surface area contributed by atoms with E-state index in [0.717, 1.165) is 16.1 Å². The number of ketones is 1. The van der Waals surface area contributed by atoms with Crippen LogP contribution in [-0.4, -0.2) is 96.4 Å². The molecule has 0 spiro atoms. The number of guanidine groups is 1. The minimum Gasteiger partial charge on any atom is -0.478 e. The molecule has 0 radical (unpaired) electrons. The number of aryl methyl sites for hydroxylation is 1. The molecule has 0 unspecified atom stereocenters. The summed E-state index contributed by atoms with van der Waals surface area (Å²) in [6.07, 6.45) is 0.485. The van der Waals surface area contributed by atoms with Gasteiger partial charge in [-0.3, -0.25) is 14.1 Å². The lowest BCUT2D eigenvalue weighted by molar-refractivity contribution is -0.153. The molecule has 234 valence electrons. The molecule has 3 heterocycles. The number of carboxylic acids is 1. The van der Waals surface area contributed by atoms with Gasteiger partial charge in [-0.15, -0.1) is 11.3 Å². The number of oxime groups is 1. The number of amides is 1. The van der Waals surface area contributed by atoms with Crippen molar-refractivity contribution in [2.45, 2.75) is 57.3 Å². The van der Waals surface area contributed by atoms with Crippen LogP contribution in [0, 0.1) is 12.8 Å². The number of nitrogens with zero attached hydrogens (tertiary/aromatic N) is 7. The SMILES string of the molecule is Cc1nn(C[C@@H]2[C@H](CC(=O)/C(=N\OC3(C(=O)O)CC3)c3csc(N)n3)C(=O)N2S(=O)(=O)O)nc1CN=C(N)NCCCN. The van der Waals surface area contributed by atoms with Crippen LogP contribution in [0.15, 0.2) is 15.5 Å². The highest BCUT2D eigenvalue weighted by molar-refractivity contribution is 7.84. The fourth-order valence-corrected chi connectivity index (χ4v) is 5.67. The number of aromatic nitrogens is 4. The number of nitrogen functional groups attached to an aromatic ring is 1. The van der Waals surface area contributed by atoms with Gasteiger partial charge in [-0.2, -0.15) is 23.4 Å². The Morgan fingerprint density at radius 2 is 2.05 bits per heavy atom. The number of carbonyl (C=O) groups excluding carboxylic acids is 2. The van der Waals surface area contributed by atoms with Crippen molar-refractivity contribution in [1.29, 1.82) is 0 Å². The molecule has 0 aromatic carbocycles. The second kappa shape index (κ2) is 12.6. The van der Waals surface area contributed by atoms with Gasteiger partial charge in [-0.05, 0) is 19.9 Å². The van der Waals surface area contributed by atoms with Crippen molar-refractivity contribution in [3.63, 3.8) is 0 Å². The lowest BCUT2D eigenvalue weighted by atomic mass is 9.84. The number of β-lactam (4-membered cyclic amide) rings is 1. The van der Waals surface area contributed by atoms with Crippen LogP contribution in [0.3, 0.4) is 0 Å². The zero-order valence-corrected chi connectivity index (χ0v) is 24.5. The molecule has 19 nitrogen and oxygen atoms in total. The Hall–Kier alpha value is -4.21. The maximum absolute atomic E-state index is 13.4. The Balaban J connectivity index is 1.53. The van der Waals surface area contributed by atoms with E-state index < -0.39 is 51.9 Å². The number of rotatable bonds is 15. The minimum absolute atomic E-state index is 0.00463. The molecule has 43 heavy (non-hydrogen) atoms. The summed E-state index contributed by atoms with van der Waals surface area (Å²) in [6.45, 7) is 2.42. The molecule has 2 aliphatic rings. The molecular weight excluding hydrogens is 610 g/mol. The van der Waals surface area contributed by atoms with E-state index in [1.807, 2.05) is 0 Å². The molecule has 1 saturated heterocycles. The minimum atomic E-state index is -4.99. The highest BCUT2D eigenvalue weighted by Crippen LogP contribution is 2.40. The molecule has 1 saturated carbocycles. The fourth-order valence-electron chi connectivity index (χ4n) is 4.20. The van der Waals surface area contributed by atoms with Crippen LogP contribution in [0.25, 0.3) is 0 Å². The van der Waals surface area contributed by atoms with Crippen molar-refractivity contribution in [3.8, 4) is 0 Å². The largest absolute Gasteiger partial charge is 0.478 e. The molecule has 2 aromatic rings. The number of aliphatic carboxylic acids is 1. The van der Waals surface area contributed by atoms with Crippen molar-refractivity contribution < 1.29 is 37.3 Å². The molecule has 1 aliphatic carbocycles. The number of carboxylic acid groups (broad SMARTS) is 1. The third kappa shape index (κ3) is 7.24. The zero-order valence-electron chi connectivity index (χ0n) is 22.9. The molecule has 2 aromatic heterocycles. The van der Waals surface area contributed by atoms with Crippen LogP contribution >= 0.6 is 11.3 Å². The monoisotopic (exact) mass is 641 g/mol. The number of nitrogens with two attached hydrogens (primary N) is 3. The van der Waals surface area contributed by atoms with Crippen LogP contribution in [0.1, 0.15) is 42.8 Å². The van der Waals surface area contributed by atoms with Crippen molar-refractivity contribution in [2.24, 2.45) is 27.5 Å². The summed E-state index contributed by atoms with van der Waals surface area (Å²) in [5, 5.41) is 26.1. The van der Waals surface area contributed by atoms with E-state index in [-0.39, 0.29) is 52.7 Å². The second-order valence-corrected chi connectivity index (χ2v) is 12.1. The molecule has 0 bridgehead atoms. The number of anilines is 1. The van der Waals surface area contributed by atoms with Crippen molar-refractivity contribution >= 4 is 56.1 Å². The van der Waals surface area contributed by atoms with E-state index in [2.05, 4.69) is 30.6 Å². The van der Waals surface area contributed by atoms with E-state index in [4.69, 9.17) is 22.0 Å². The molecule has 2 atom stereocenters. The normalized spacial score (nSPS) is 20.1. The van der Waals surface area contributed by atoms with Crippen LogP contribution in [0.5, 0.6) is 0 Å². The summed E-state index contributed by atoms with van der Waals surface area (Å²) in [5.41, 5.74) is 15.9. The molecule has 1 aliphatic heterocycles. The smallest absolute Gasteiger partial charge is 0.362 e. The van der Waals surface area contributed by atoms with Gasteiger partial charge in [0.15, 0.2) is 22.6 Å². The van der Waals surface area contributed by atoms with E-state index in [1.54, 1.807) is 6.92 Å². The lowest BCUT2D eigenvalue weighted by Crippen LogP contribution is -2.64. The number of aliphatic imine (C=N–C) groups is 1. The van der Waals surface area contributed by atoms with Gasteiger partial charge in [0.2, 0.25) is 11.5 Å². The van der Waals surface area contributed by atoms with Crippen LogP contribution in [0.4, 0.5) is 5.13 Å². The van der Waals surface area contributed by atoms with Crippen LogP contribution < -0.4 is 22.5 Å². The Morgan fingerprint density at radius 1 is 1.33 bits per heavy atom. The first-order valence-corrected chi connectivity index (χ1v) is 15.2. The number of nitrogens with one attached hydrogen (secondary N) is 1. The van der Waals surface area contributed by atoms with Gasteiger partial charge in [0, 0.05) is 31.2 Å². The zero-order chi connectivity index (χ0) is 31.5. The number of Topliss-reactive ketones (excluding diaryl/α,β-unsaturated/α-hetero) is 1. The van der Waals surface area contributed by atoms with E-state index >= 15 is 0 Å². The maximum Gasteiger partial charge on any atom is 0.362 e. The summed E-state index contributed by atoms with van der Waals surface area (Å²) in [6, 6.07) is -1.24. The summed E-state index contributed by atoms with van der Waals surface area (Å²) < 4.78 is 34.0. The summed E-state index contributed by atoms with van der Waals surface area (Å²) >= 11 is 0.993. The Kier molecular flexibility index (Phi) is 9.27. The van der Waals surface area contributed by atoms with E-state index in [1.165, 1.54) is 5.38 Å². The van der Waals surface area contributed by atoms with Gasteiger partial charge in [0.25, 0.3) is 0 Å². The fraction of sp³-hybridized carbons (Fsp3) is 0.545. The van der Waals surface area contributed by atoms with Gasteiger partial charge < -0.3 is 32.5 Å². The lowest BCUT2D eigenvalue weighted by Gasteiger charge is -2.43. The topological polar surface area (TPSA) is 297 Å². The van der Waals surface area contributed by atoms with Crippen LogP contribution in [-0.2, 0) is 42.6 Å². The average molecular weight is 642 g/mol. The molecule has 2 fully saturated rings. The summed E-state index contributed by atoms with van der Waals surface area (Å²) in [5.74, 6) is -4.14. The van der Waals surface area contributed by atoms with Crippen molar-refractivity contribution in [2.75, 3.05) is 18.8 Å². The predicted molar refractivity (Wildman–Crippen MR) is 151 cm³/mol. The Labute approximate surface area is 249 Å². The van der Waals surface area contributed by atoms with Gasteiger partial charge in [-0.1, -0.05) is 5.16 Å². The maximum atomic E-state index is 13.4. The summed E-state index contributed by atoms with van der Waals surface area (Å²) in [7, 11) is -4.99. The second-order valence-electron chi connectivity index (χ2n) is 9.87.